The number of likely N-dealkylation sites (tertiary alicyclic amines) is 1. The van der Waals surface area contributed by atoms with Gasteiger partial charge in [-0.1, -0.05) is 6.92 Å². The zero-order chi connectivity index (χ0) is 14.4. The Morgan fingerprint density at radius 2 is 1.47 bits per heavy atom. The fourth-order valence-electron chi connectivity index (χ4n) is 2.43. The summed E-state index contributed by atoms with van der Waals surface area (Å²) >= 11 is 0. The van der Waals surface area contributed by atoms with Crippen LogP contribution in [-0.2, 0) is 19.1 Å². The maximum absolute atomic E-state index is 12.0. The summed E-state index contributed by atoms with van der Waals surface area (Å²) in [7, 11) is 0. The summed E-state index contributed by atoms with van der Waals surface area (Å²) in [6, 6.07) is 0.358. The highest BCUT2D eigenvalue weighted by Crippen LogP contribution is 2.28. The van der Waals surface area contributed by atoms with Crippen molar-refractivity contribution in [1.82, 2.24) is 4.90 Å². The van der Waals surface area contributed by atoms with E-state index in [-0.39, 0.29) is 11.9 Å². The first kappa shape index (κ1) is 16.0. The highest BCUT2D eigenvalue weighted by molar-refractivity contribution is 5.83. The van der Waals surface area contributed by atoms with E-state index in [2.05, 4.69) is 18.7 Å². The van der Waals surface area contributed by atoms with Crippen molar-refractivity contribution >= 4 is 11.9 Å². The van der Waals surface area contributed by atoms with Crippen molar-refractivity contribution < 1.29 is 19.1 Å². The minimum Gasteiger partial charge on any atom is -0.466 e. The van der Waals surface area contributed by atoms with Gasteiger partial charge in [0.05, 0.1) is 25.0 Å². The molecule has 1 heterocycles. The molecule has 0 radical (unpaired) electrons. The molecule has 5 nitrogen and oxygen atoms in total. The van der Waals surface area contributed by atoms with E-state index in [1.165, 1.54) is 0 Å². The van der Waals surface area contributed by atoms with Gasteiger partial charge in [-0.2, -0.15) is 0 Å². The van der Waals surface area contributed by atoms with Crippen molar-refractivity contribution in [3.05, 3.63) is 0 Å². The van der Waals surface area contributed by atoms with Gasteiger partial charge in [0.1, 0.15) is 0 Å². The third kappa shape index (κ3) is 3.93. The molecule has 1 saturated heterocycles. The number of hydrogen-bond acceptors (Lipinski definition) is 5. The zero-order valence-corrected chi connectivity index (χ0v) is 12.3. The molecule has 0 N–H and O–H groups in total. The van der Waals surface area contributed by atoms with Gasteiger partial charge in [-0.15, -0.1) is 0 Å². The number of hydrogen-bond donors (Lipinski definition) is 0. The summed E-state index contributed by atoms with van der Waals surface area (Å²) in [4.78, 5) is 26.1. The normalized spacial score (nSPS) is 25.1. The minimum atomic E-state index is -0.395. The van der Waals surface area contributed by atoms with E-state index in [1.807, 2.05) is 0 Å². The molecule has 0 saturated carbocycles. The summed E-state index contributed by atoms with van der Waals surface area (Å²) in [5, 5.41) is 0. The second-order valence-electron chi connectivity index (χ2n) is 4.93. The van der Waals surface area contributed by atoms with Gasteiger partial charge in [0.25, 0.3) is 0 Å². The van der Waals surface area contributed by atoms with Gasteiger partial charge in [0, 0.05) is 19.1 Å². The van der Waals surface area contributed by atoms with Crippen molar-refractivity contribution in [1.29, 1.82) is 0 Å². The second kappa shape index (κ2) is 7.48. The van der Waals surface area contributed by atoms with Crippen LogP contribution in [0.25, 0.3) is 0 Å². The Morgan fingerprint density at radius 1 is 1.05 bits per heavy atom. The van der Waals surface area contributed by atoms with Gasteiger partial charge in [-0.25, -0.2) is 0 Å². The van der Waals surface area contributed by atoms with E-state index in [1.54, 1.807) is 13.8 Å². The van der Waals surface area contributed by atoms with Crippen molar-refractivity contribution in [3.8, 4) is 0 Å². The number of carbonyl (C=O) groups is 2. The summed E-state index contributed by atoms with van der Waals surface area (Å²) in [5.74, 6) is -1.36. The van der Waals surface area contributed by atoms with E-state index in [0.717, 1.165) is 6.42 Å². The van der Waals surface area contributed by atoms with Crippen LogP contribution in [0.5, 0.6) is 0 Å². The topological polar surface area (TPSA) is 55.8 Å². The number of ether oxygens (including phenoxy) is 2. The van der Waals surface area contributed by atoms with E-state index in [4.69, 9.17) is 9.47 Å². The Hall–Kier alpha value is -1.10. The Labute approximate surface area is 115 Å². The van der Waals surface area contributed by atoms with Gasteiger partial charge in [-0.05, 0) is 27.2 Å². The Bertz CT molecular complexity index is 293. The predicted molar refractivity (Wildman–Crippen MR) is 71.6 cm³/mol. The monoisotopic (exact) mass is 271 g/mol. The lowest BCUT2D eigenvalue weighted by molar-refractivity contribution is -0.157. The molecule has 1 aliphatic heterocycles. The molecule has 1 aliphatic rings. The molecule has 19 heavy (non-hydrogen) atoms. The Balaban J connectivity index is 2.78. The number of carbonyl (C=O) groups excluding carboxylic acids is 2. The molecule has 1 fully saturated rings. The number of esters is 2. The molecule has 0 aromatic heterocycles. The summed E-state index contributed by atoms with van der Waals surface area (Å²) in [6.07, 6.45) is 0.991. The van der Waals surface area contributed by atoms with Crippen LogP contribution in [-0.4, -0.2) is 49.2 Å². The lowest BCUT2D eigenvalue weighted by Crippen LogP contribution is -2.31. The molecule has 0 aromatic rings. The minimum absolute atomic E-state index is 0.286. The molecule has 1 rings (SSSR count). The van der Waals surface area contributed by atoms with E-state index >= 15 is 0 Å². The second-order valence-corrected chi connectivity index (χ2v) is 4.93. The number of nitrogens with zero attached hydrogens (tertiary/aromatic N) is 1. The van der Waals surface area contributed by atoms with Crippen LogP contribution < -0.4 is 0 Å². The van der Waals surface area contributed by atoms with Crippen molar-refractivity contribution in [2.45, 2.75) is 40.2 Å². The highest BCUT2D eigenvalue weighted by Gasteiger charge is 2.44. The maximum atomic E-state index is 12.0. The lowest BCUT2D eigenvalue weighted by atomic mass is 9.96. The first-order chi connectivity index (χ1) is 9.04. The third-order valence-corrected chi connectivity index (χ3v) is 3.74. The molecule has 3 unspecified atom stereocenters. The van der Waals surface area contributed by atoms with Gasteiger partial charge in [-0.3, -0.25) is 14.5 Å². The maximum Gasteiger partial charge on any atom is 0.311 e. The Morgan fingerprint density at radius 3 is 1.79 bits per heavy atom. The first-order valence-electron chi connectivity index (χ1n) is 7.12. The predicted octanol–water partition coefficient (Wildman–Crippen LogP) is 1.46. The van der Waals surface area contributed by atoms with Crippen LogP contribution in [0.1, 0.15) is 34.1 Å². The molecule has 3 atom stereocenters. The summed E-state index contributed by atoms with van der Waals surface area (Å²) in [6.45, 7) is 9.60. The molecule has 110 valence electrons. The van der Waals surface area contributed by atoms with Crippen molar-refractivity contribution in [2.24, 2.45) is 11.8 Å². The van der Waals surface area contributed by atoms with Gasteiger partial charge < -0.3 is 9.47 Å². The molecule has 5 heteroatoms. The molecule has 0 aromatic carbocycles. The molecule has 0 spiro atoms. The summed E-state index contributed by atoms with van der Waals surface area (Å²) in [5.41, 5.74) is 0. The summed E-state index contributed by atoms with van der Waals surface area (Å²) < 4.78 is 10.1. The lowest BCUT2D eigenvalue weighted by Gasteiger charge is -2.22. The molecule has 0 amide bonds. The molecule has 0 aliphatic carbocycles. The van der Waals surface area contributed by atoms with Gasteiger partial charge >= 0.3 is 11.9 Å². The van der Waals surface area contributed by atoms with Crippen LogP contribution in [0.4, 0.5) is 0 Å². The largest absolute Gasteiger partial charge is 0.466 e. The molecular formula is C14H25NO4. The van der Waals surface area contributed by atoms with E-state index in [0.29, 0.717) is 32.3 Å². The van der Waals surface area contributed by atoms with Crippen molar-refractivity contribution in [2.75, 3.05) is 26.3 Å². The molecular weight excluding hydrogens is 246 g/mol. The zero-order valence-electron chi connectivity index (χ0n) is 12.3. The first-order valence-corrected chi connectivity index (χ1v) is 7.12. The fourth-order valence-corrected chi connectivity index (χ4v) is 2.43. The van der Waals surface area contributed by atoms with Gasteiger partial charge in [0.2, 0.25) is 0 Å². The average molecular weight is 271 g/mol. The SMILES string of the molecule is CCOC(=O)C1CN(C(C)CC)CC1C(=O)OCC. The smallest absolute Gasteiger partial charge is 0.311 e. The Kier molecular flexibility index (Phi) is 6.28. The quantitative estimate of drug-likeness (QED) is 0.685. The molecule has 0 bridgehead atoms. The van der Waals surface area contributed by atoms with Crippen LogP contribution in [0.2, 0.25) is 0 Å². The van der Waals surface area contributed by atoms with E-state index in [9.17, 15) is 9.59 Å². The van der Waals surface area contributed by atoms with Gasteiger partial charge in [0.15, 0.2) is 0 Å². The van der Waals surface area contributed by atoms with Crippen molar-refractivity contribution in [3.63, 3.8) is 0 Å². The highest BCUT2D eigenvalue weighted by atomic mass is 16.5. The van der Waals surface area contributed by atoms with Crippen LogP contribution in [0.3, 0.4) is 0 Å². The average Bonchev–Trinajstić information content (AvgIpc) is 2.83. The fraction of sp³-hybridized carbons (Fsp3) is 0.857. The van der Waals surface area contributed by atoms with Crippen LogP contribution in [0.15, 0.2) is 0 Å². The third-order valence-electron chi connectivity index (χ3n) is 3.74. The van der Waals surface area contributed by atoms with Crippen LogP contribution in [0, 0.1) is 11.8 Å². The standard InChI is InChI=1S/C14H25NO4/c1-5-10(4)15-8-11(13(16)18-6-2)12(9-15)14(17)19-7-3/h10-12H,5-9H2,1-4H3. The van der Waals surface area contributed by atoms with Crippen LogP contribution >= 0.6 is 0 Å². The number of rotatable bonds is 6. The van der Waals surface area contributed by atoms with E-state index < -0.39 is 11.8 Å².